The number of aromatic nitrogens is 6. The second-order valence-corrected chi connectivity index (χ2v) is 4.64. The first-order chi connectivity index (χ1) is 10.7. The van der Waals surface area contributed by atoms with E-state index in [1.807, 2.05) is 0 Å². The maximum absolute atomic E-state index is 12.2. The summed E-state index contributed by atoms with van der Waals surface area (Å²) in [7, 11) is 1.57. The van der Waals surface area contributed by atoms with E-state index >= 15 is 0 Å². The fourth-order valence-electron chi connectivity index (χ4n) is 2.21. The second kappa shape index (κ2) is 4.38. The molecule has 0 saturated heterocycles. The van der Waals surface area contributed by atoms with E-state index in [0.29, 0.717) is 28.5 Å². The number of imidazole rings is 1. The zero-order valence-electron chi connectivity index (χ0n) is 11.7. The SMILES string of the molecule is COc1ccc2nc3nc(-c4noc(C)n4)c(=O)[nH]n3c2c1. The molecule has 0 aliphatic carbocycles. The van der Waals surface area contributed by atoms with Gasteiger partial charge in [-0.2, -0.15) is 4.98 Å². The number of hydrogen-bond donors (Lipinski definition) is 1. The number of hydrogen-bond acceptors (Lipinski definition) is 7. The number of aryl methyl sites for hydroxylation is 1. The molecule has 0 aliphatic rings. The lowest BCUT2D eigenvalue weighted by Crippen LogP contribution is -2.16. The Bertz CT molecular complexity index is 1060. The van der Waals surface area contributed by atoms with E-state index in [4.69, 9.17) is 9.26 Å². The molecule has 3 heterocycles. The standard InChI is InChI=1S/C13H10N6O3/c1-6-14-11(18-22-6)10-12(20)17-19-9-5-7(21-2)3-4-8(9)15-13(19)16-10/h3-5H,1-2H3,(H,17,20). The third kappa shape index (κ3) is 1.75. The lowest BCUT2D eigenvalue weighted by molar-refractivity contribution is 0.394. The highest BCUT2D eigenvalue weighted by atomic mass is 16.5. The molecule has 0 unspecified atom stereocenters. The third-order valence-electron chi connectivity index (χ3n) is 3.22. The highest BCUT2D eigenvalue weighted by Crippen LogP contribution is 2.20. The van der Waals surface area contributed by atoms with Crippen LogP contribution in [0.2, 0.25) is 0 Å². The highest BCUT2D eigenvalue weighted by molar-refractivity contribution is 5.80. The van der Waals surface area contributed by atoms with Crippen LogP contribution >= 0.6 is 0 Å². The van der Waals surface area contributed by atoms with Crippen molar-refractivity contribution in [1.82, 2.24) is 29.7 Å². The predicted molar refractivity (Wildman–Crippen MR) is 75.7 cm³/mol. The second-order valence-electron chi connectivity index (χ2n) is 4.64. The Morgan fingerprint density at radius 2 is 2.14 bits per heavy atom. The van der Waals surface area contributed by atoms with Gasteiger partial charge in [-0.25, -0.2) is 14.5 Å². The number of fused-ring (bicyclic) bond motifs is 3. The minimum atomic E-state index is -0.435. The molecule has 0 fully saturated rings. The van der Waals surface area contributed by atoms with Crippen LogP contribution in [0.4, 0.5) is 0 Å². The third-order valence-corrected chi connectivity index (χ3v) is 3.22. The lowest BCUT2D eigenvalue weighted by atomic mass is 10.3. The van der Waals surface area contributed by atoms with Crippen LogP contribution < -0.4 is 10.3 Å². The van der Waals surface area contributed by atoms with E-state index in [9.17, 15) is 4.79 Å². The van der Waals surface area contributed by atoms with Gasteiger partial charge in [0.15, 0.2) is 5.69 Å². The number of ether oxygens (including phenoxy) is 1. The fourth-order valence-corrected chi connectivity index (χ4v) is 2.21. The van der Waals surface area contributed by atoms with Crippen molar-refractivity contribution in [2.45, 2.75) is 6.92 Å². The zero-order chi connectivity index (χ0) is 15.3. The first-order valence-corrected chi connectivity index (χ1v) is 6.43. The first kappa shape index (κ1) is 12.5. The van der Waals surface area contributed by atoms with Crippen LogP contribution in [0.3, 0.4) is 0 Å². The molecular weight excluding hydrogens is 288 g/mol. The average Bonchev–Trinajstić information content (AvgIpc) is 3.09. The van der Waals surface area contributed by atoms with Crippen molar-refractivity contribution in [2.24, 2.45) is 0 Å². The summed E-state index contributed by atoms with van der Waals surface area (Å²) in [5.41, 5.74) is 1.00. The Labute approximate surface area is 122 Å². The van der Waals surface area contributed by atoms with Crippen molar-refractivity contribution < 1.29 is 9.26 Å². The van der Waals surface area contributed by atoms with Gasteiger partial charge in [0.25, 0.3) is 11.3 Å². The number of rotatable bonds is 2. The number of nitrogens with zero attached hydrogens (tertiary/aromatic N) is 5. The average molecular weight is 298 g/mol. The number of H-pyrrole nitrogens is 1. The van der Waals surface area contributed by atoms with Gasteiger partial charge in [0.2, 0.25) is 11.7 Å². The minimum absolute atomic E-state index is 0.0617. The van der Waals surface area contributed by atoms with Crippen molar-refractivity contribution in [3.8, 4) is 17.3 Å². The van der Waals surface area contributed by atoms with Crippen molar-refractivity contribution in [2.75, 3.05) is 7.11 Å². The van der Waals surface area contributed by atoms with Crippen molar-refractivity contribution in [1.29, 1.82) is 0 Å². The van der Waals surface area contributed by atoms with Crippen LogP contribution in [-0.4, -0.2) is 36.8 Å². The van der Waals surface area contributed by atoms with Crippen LogP contribution in [0.1, 0.15) is 5.89 Å². The molecule has 0 amide bonds. The maximum atomic E-state index is 12.2. The molecule has 22 heavy (non-hydrogen) atoms. The number of methoxy groups -OCH3 is 1. The molecule has 1 N–H and O–H groups in total. The van der Waals surface area contributed by atoms with Crippen LogP contribution in [0.25, 0.3) is 28.3 Å². The predicted octanol–water partition coefficient (Wildman–Crippen LogP) is 0.938. The molecule has 0 atom stereocenters. The number of nitrogens with one attached hydrogen (secondary N) is 1. The molecule has 0 aliphatic heterocycles. The molecule has 9 heteroatoms. The lowest BCUT2D eigenvalue weighted by Gasteiger charge is -1.99. The molecule has 3 aromatic heterocycles. The summed E-state index contributed by atoms with van der Waals surface area (Å²) in [6, 6.07) is 5.35. The van der Waals surface area contributed by atoms with Crippen LogP contribution in [-0.2, 0) is 0 Å². The first-order valence-electron chi connectivity index (χ1n) is 6.43. The summed E-state index contributed by atoms with van der Waals surface area (Å²) in [4.78, 5) is 24.8. The van der Waals surface area contributed by atoms with Gasteiger partial charge in [0.1, 0.15) is 5.75 Å². The van der Waals surface area contributed by atoms with Crippen molar-refractivity contribution in [3.63, 3.8) is 0 Å². The Morgan fingerprint density at radius 1 is 1.27 bits per heavy atom. The van der Waals surface area contributed by atoms with Crippen LogP contribution in [0.5, 0.6) is 5.75 Å². The van der Waals surface area contributed by atoms with E-state index in [2.05, 4.69) is 25.2 Å². The molecular formula is C13H10N6O3. The summed E-state index contributed by atoms with van der Waals surface area (Å²) in [5.74, 6) is 1.48. The minimum Gasteiger partial charge on any atom is -0.497 e. The molecule has 4 aromatic rings. The zero-order valence-corrected chi connectivity index (χ0v) is 11.7. The molecule has 4 rings (SSSR count). The molecule has 0 spiro atoms. The summed E-state index contributed by atoms with van der Waals surface area (Å²) in [5, 5.41) is 6.41. The van der Waals surface area contributed by atoms with Gasteiger partial charge in [0.05, 0.1) is 18.1 Å². The molecule has 0 saturated carbocycles. The van der Waals surface area contributed by atoms with Crippen LogP contribution in [0.15, 0.2) is 27.5 Å². The van der Waals surface area contributed by atoms with E-state index in [-0.39, 0.29) is 11.5 Å². The smallest absolute Gasteiger partial charge is 0.293 e. The van der Waals surface area contributed by atoms with Gasteiger partial charge in [0, 0.05) is 13.0 Å². The number of benzene rings is 1. The van der Waals surface area contributed by atoms with E-state index in [1.54, 1.807) is 32.2 Å². The van der Waals surface area contributed by atoms with E-state index < -0.39 is 5.56 Å². The topological polar surface area (TPSA) is 111 Å². The molecule has 9 nitrogen and oxygen atoms in total. The summed E-state index contributed by atoms with van der Waals surface area (Å²) in [6.07, 6.45) is 0. The van der Waals surface area contributed by atoms with Gasteiger partial charge < -0.3 is 9.26 Å². The van der Waals surface area contributed by atoms with Gasteiger partial charge in [-0.05, 0) is 12.1 Å². The molecule has 0 radical (unpaired) electrons. The fraction of sp³-hybridized carbons (Fsp3) is 0.154. The van der Waals surface area contributed by atoms with Gasteiger partial charge in [-0.15, -0.1) is 0 Å². The molecule has 1 aromatic carbocycles. The maximum Gasteiger partial charge on any atom is 0.293 e. The van der Waals surface area contributed by atoms with E-state index in [0.717, 1.165) is 0 Å². The van der Waals surface area contributed by atoms with Gasteiger partial charge in [-0.1, -0.05) is 5.16 Å². The quantitative estimate of drug-likeness (QED) is 0.586. The Kier molecular flexibility index (Phi) is 2.49. The summed E-state index contributed by atoms with van der Waals surface area (Å²) in [6.45, 7) is 1.64. The Morgan fingerprint density at radius 3 is 2.86 bits per heavy atom. The monoisotopic (exact) mass is 298 g/mol. The normalized spacial score (nSPS) is 11.4. The van der Waals surface area contributed by atoms with Crippen molar-refractivity contribution >= 4 is 16.8 Å². The molecule has 110 valence electrons. The van der Waals surface area contributed by atoms with Gasteiger partial charge in [-0.3, -0.25) is 9.89 Å². The van der Waals surface area contributed by atoms with Crippen molar-refractivity contribution in [3.05, 3.63) is 34.4 Å². The number of aromatic amines is 1. The Balaban J connectivity index is 2.02. The largest absolute Gasteiger partial charge is 0.497 e. The van der Waals surface area contributed by atoms with E-state index in [1.165, 1.54) is 4.52 Å². The molecule has 0 bridgehead atoms. The summed E-state index contributed by atoms with van der Waals surface area (Å²) >= 11 is 0. The Hall–Kier alpha value is -3.23. The van der Waals surface area contributed by atoms with Gasteiger partial charge >= 0.3 is 0 Å². The summed E-state index contributed by atoms with van der Waals surface area (Å²) < 4.78 is 11.6. The highest BCUT2D eigenvalue weighted by Gasteiger charge is 2.16. The van der Waals surface area contributed by atoms with Crippen LogP contribution in [0, 0.1) is 6.92 Å².